The number of aromatic nitrogens is 3. The van der Waals surface area contributed by atoms with Gasteiger partial charge in [0, 0.05) is 12.1 Å². The van der Waals surface area contributed by atoms with Gasteiger partial charge in [0.15, 0.2) is 0 Å². The smallest absolute Gasteiger partial charge is 0.276 e. The van der Waals surface area contributed by atoms with Crippen molar-refractivity contribution in [1.82, 2.24) is 14.5 Å². The highest BCUT2D eigenvalue weighted by Gasteiger charge is 2.14. The monoisotopic (exact) mass is 321 g/mol. The number of nitrogens with zero attached hydrogens (tertiary/aromatic N) is 4. The summed E-state index contributed by atoms with van der Waals surface area (Å²) in [5.41, 5.74) is 1.52. The largest absolute Gasteiger partial charge is 0.352 e. The average Bonchev–Trinajstić information content (AvgIpc) is 2.62. The van der Waals surface area contributed by atoms with Gasteiger partial charge in [0.1, 0.15) is 5.82 Å². The zero-order valence-electron chi connectivity index (χ0n) is 13.5. The highest BCUT2D eigenvalue weighted by atomic mass is 16.1. The predicted molar refractivity (Wildman–Crippen MR) is 94.2 cm³/mol. The Morgan fingerprint density at radius 2 is 1.62 bits per heavy atom. The van der Waals surface area contributed by atoms with Crippen LogP contribution in [-0.2, 0) is 13.1 Å². The van der Waals surface area contributed by atoms with Gasteiger partial charge in [-0.05, 0) is 12.5 Å². The summed E-state index contributed by atoms with van der Waals surface area (Å²) in [5, 5.41) is 1.39. The lowest BCUT2D eigenvalue weighted by Crippen LogP contribution is -2.36. The summed E-state index contributed by atoms with van der Waals surface area (Å²) in [4.78, 5) is 20.9. The SMILES string of the molecule is CCn1c(-c2ccccc2)nc(N(N)Cc2ccccc2)nc1=O. The molecule has 24 heavy (non-hydrogen) atoms. The van der Waals surface area contributed by atoms with Crippen LogP contribution in [0, 0.1) is 0 Å². The van der Waals surface area contributed by atoms with E-state index in [1.54, 1.807) is 0 Å². The van der Waals surface area contributed by atoms with Crippen LogP contribution >= 0.6 is 0 Å². The minimum absolute atomic E-state index is 0.215. The predicted octanol–water partition coefficient (Wildman–Crippen LogP) is 2.21. The number of hydrogen-bond donors (Lipinski definition) is 1. The lowest BCUT2D eigenvalue weighted by molar-refractivity contribution is 0.671. The van der Waals surface area contributed by atoms with Gasteiger partial charge in [-0.1, -0.05) is 60.7 Å². The molecule has 3 aromatic rings. The molecule has 6 nitrogen and oxygen atoms in total. The first-order valence-electron chi connectivity index (χ1n) is 7.79. The molecule has 2 aromatic carbocycles. The van der Waals surface area contributed by atoms with Crippen LogP contribution in [-0.4, -0.2) is 14.5 Å². The van der Waals surface area contributed by atoms with Crippen molar-refractivity contribution in [3.05, 3.63) is 76.7 Å². The van der Waals surface area contributed by atoms with Gasteiger partial charge in [0.05, 0.1) is 6.54 Å². The Morgan fingerprint density at radius 1 is 1.00 bits per heavy atom. The molecule has 0 spiro atoms. The van der Waals surface area contributed by atoms with E-state index in [4.69, 9.17) is 5.84 Å². The van der Waals surface area contributed by atoms with E-state index in [0.29, 0.717) is 18.9 Å². The molecular weight excluding hydrogens is 302 g/mol. The van der Waals surface area contributed by atoms with Crippen LogP contribution in [0.15, 0.2) is 65.5 Å². The highest BCUT2D eigenvalue weighted by Crippen LogP contribution is 2.17. The number of benzene rings is 2. The summed E-state index contributed by atoms with van der Waals surface area (Å²) >= 11 is 0. The third-order valence-corrected chi connectivity index (χ3v) is 3.69. The number of rotatable bonds is 5. The third kappa shape index (κ3) is 3.33. The Bertz CT molecular complexity index is 862. The number of nitrogens with two attached hydrogens (primary N) is 1. The fourth-order valence-electron chi connectivity index (χ4n) is 2.49. The van der Waals surface area contributed by atoms with E-state index >= 15 is 0 Å². The minimum atomic E-state index is -0.357. The second kappa shape index (κ2) is 7.06. The van der Waals surface area contributed by atoms with Gasteiger partial charge >= 0.3 is 5.69 Å². The van der Waals surface area contributed by atoms with E-state index in [-0.39, 0.29) is 11.6 Å². The normalized spacial score (nSPS) is 10.6. The average molecular weight is 321 g/mol. The van der Waals surface area contributed by atoms with Gasteiger partial charge in [-0.15, -0.1) is 0 Å². The minimum Gasteiger partial charge on any atom is -0.276 e. The first kappa shape index (κ1) is 15.9. The van der Waals surface area contributed by atoms with Gasteiger partial charge in [0.2, 0.25) is 5.95 Å². The van der Waals surface area contributed by atoms with Crippen LogP contribution in [0.2, 0.25) is 0 Å². The van der Waals surface area contributed by atoms with E-state index in [9.17, 15) is 4.79 Å². The molecule has 0 bridgehead atoms. The molecule has 1 heterocycles. The van der Waals surface area contributed by atoms with Gasteiger partial charge in [-0.3, -0.25) is 9.58 Å². The van der Waals surface area contributed by atoms with Crippen LogP contribution in [0.3, 0.4) is 0 Å². The zero-order valence-corrected chi connectivity index (χ0v) is 13.5. The van der Waals surface area contributed by atoms with Crippen molar-refractivity contribution in [3.63, 3.8) is 0 Å². The molecule has 0 amide bonds. The maximum atomic E-state index is 12.4. The maximum Gasteiger partial charge on any atom is 0.352 e. The topological polar surface area (TPSA) is 77.0 Å². The van der Waals surface area contributed by atoms with E-state index in [1.165, 1.54) is 9.58 Å². The van der Waals surface area contributed by atoms with Crippen molar-refractivity contribution in [1.29, 1.82) is 0 Å². The molecule has 0 aliphatic heterocycles. The summed E-state index contributed by atoms with van der Waals surface area (Å²) in [6.45, 7) is 2.80. The fourth-order valence-corrected chi connectivity index (χ4v) is 2.49. The molecule has 0 saturated heterocycles. The van der Waals surface area contributed by atoms with Gasteiger partial charge in [0.25, 0.3) is 0 Å². The van der Waals surface area contributed by atoms with Crippen LogP contribution in [0.5, 0.6) is 0 Å². The van der Waals surface area contributed by atoms with Crippen molar-refractivity contribution in [2.24, 2.45) is 5.84 Å². The first-order chi connectivity index (χ1) is 11.7. The van der Waals surface area contributed by atoms with Crippen LogP contribution in [0.1, 0.15) is 12.5 Å². The molecule has 0 radical (unpaired) electrons. The first-order valence-corrected chi connectivity index (χ1v) is 7.79. The lowest BCUT2D eigenvalue weighted by Gasteiger charge is -2.18. The molecule has 0 aliphatic carbocycles. The quantitative estimate of drug-likeness (QED) is 0.576. The summed E-state index contributed by atoms with van der Waals surface area (Å²) in [5.74, 6) is 6.88. The van der Waals surface area contributed by atoms with E-state index in [1.807, 2.05) is 67.6 Å². The molecule has 0 saturated carbocycles. The van der Waals surface area contributed by atoms with Crippen LogP contribution < -0.4 is 16.5 Å². The molecule has 0 fully saturated rings. The van der Waals surface area contributed by atoms with Gasteiger partial charge < -0.3 is 0 Å². The lowest BCUT2D eigenvalue weighted by atomic mass is 10.2. The molecule has 3 rings (SSSR count). The molecule has 6 heteroatoms. The van der Waals surface area contributed by atoms with E-state index < -0.39 is 0 Å². The number of anilines is 1. The Balaban J connectivity index is 2.00. The van der Waals surface area contributed by atoms with Gasteiger partial charge in [-0.25, -0.2) is 10.6 Å². The Labute approximate surface area is 140 Å². The molecular formula is C18H19N5O. The standard InChI is InChI=1S/C18H19N5O/c1-2-22-16(15-11-7-4-8-12-15)20-17(21-18(22)24)23(19)13-14-9-5-3-6-10-14/h3-12H,2,13,19H2,1H3. The van der Waals surface area contributed by atoms with E-state index in [0.717, 1.165) is 11.1 Å². The zero-order chi connectivity index (χ0) is 16.9. The van der Waals surface area contributed by atoms with Crippen molar-refractivity contribution in [2.75, 3.05) is 5.01 Å². The molecule has 1 aromatic heterocycles. The molecule has 0 unspecified atom stereocenters. The summed E-state index contributed by atoms with van der Waals surface area (Å²) in [7, 11) is 0. The number of hydrazine groups is 1. The van der Waals surface area contributed by atoms with Crippen molar-refractivity contribution in [2.45, 2.75) is 20.0 Å². The third-order valence-electron chi connectivity index (χ3n) is 3.69. The Morgan fingerprint density at radius 3 is 2.25 bits per heavy atom. The molecule has 122 valence electrons. The Kier molecular flexibility index (Phi) is 4.67. The van der Waals surface area contributed by atoms with Crippen LogP contribution in [0.25, 0.3) is 11.4 Å². The van der Waals surface area contributed by atoms with E-state index in [2.05, 4.69) is 9.97 Å². The molecule has 0 aliphatic rings. The molecule has 2 N–H and O–H groups in total. The fraction of sp³-hybridized carbons (Fsp3) is 0.167. The summed E-state index contributed by atoms with van der Waals surface area (Å²) in [6, 6.07) is 19.3. The Hall–Kier alpha value is -2.99. The highest BCUT2D eigenvalue weighted by molar-refractivity contribution is 5.56. The summed E-state index contributed by atoms with van der Waals surface area (Å²) in [6.07, 6.45) is 0. The van der Waals surface area contributed by atoms with Gasteiger partial charge in [-0.2, -0.15) is 9.97 Å². The van der Waals surface area contributed by atoms with Crippen LogP contribution in [0.4, 0.5) is 5.95 Å². The molecule has 0 atom stereocenters. The van der Waals surface area contributed by atoms with Crippen molar-refractivity contribution >= 4 is 5.95 Å². The second-order valence-electron chi connectivity index (χ2n) is 5.35. The summed E-state index contributed by atoms with van der Waals surface area (Å²) < 4.78 is 1.54. The second-order valence-corrected chi connectivity index (χ2v) is 5.35. The number of hydrogen-bond acceptors (Lipinski definition) is 5. The van der Waals surface area contributed by atoms with Crippen molar-refractivity contribution < 1.29 is 0 Å². The maximum absolute atomic E-state index is 12.4. The van der Waals surface area contributed by atoms with Crippen molar-refractivity contribution in [3.8, 4) is 11.4 Å².